The van der Waals surface area contributed by atoms with Gasteiger partial charge in [0.2, 0.25) is 5.13 Å². The lowest BCUT2D eigenvalue weighted by molar-refractivity contribution is 0.197. The quantitative estimate of drug-likeness (QED) is 0.817. The maximum absolute atomic E-state index is 5.07. The van der Waals surface area contributed by atoms with E-state index in [0.717, 1.165) is 43.7 Å². The lowest BCUT2D eigenvalue weighted by Crippen LogP contribution is -2.40. The molecule has 1 fully saturated rings. The molecule has 0 radical (unpaired) electrons. The molecule has 120 valence electrons. The van der Waals surface area contributed by atoms with E-state index in [-0.39, 0.29) is 5.41 Å². The van der Waals surface area contributed by atoms with Gasteiger partial charge in [-0.3, -0.25) is 0 Å². The maximum Gasteiger partial charge on any atom is 0.205 e. The van der Waals surface area contributed by atoms with Crippen LogP contribution in [0.25, 0.3) is 0 Å². The van der Waals surface area contributed by atoms with E-state index in [9.17, 15) is 0 Å². The molecule has 0 aromatic carbocycles. The lowest BCUT2D eigenvalue weighted by atomic mass is 9.96. The number of methoxy groups -OCH3 is 1. The molecule has 0 spiro atoms. The fraction of sp³-hybridized carbons (Fsp3) is 0.867. The number of ether oxygens (including phenoxy) is 1. The van der Waals surface area contributed by atoms with Crippen molar-refractivity contribution in [3.05, 3.63) is 5.82 Å². The molecule has 1 aliphatic rings. The zero-order valence-corrected chi connectivity index (χ0v) is 14.5. The lowest BCUT2D eigenvalue weighted by Gasteiger charge is -2.32. The van der Waals surface area contributed by atoms with Gasteiger partial charge in [-0.25, -0.2) is 4.98 Å². The van der Waals surface area contributed by atoms with E-state index in [2.05, 4.69) is 35.4 Å². The second-order valence-electron chi connectivity index (χ2n) is 6.80. The topological polar surface area (TPSA) is 50.3 Å². The van der Waals surface area contributed by atoms with Crippen molar-refractivity contribution in [3.63, 3.8) is 0 Å². The minimum Gasteiger partial charge on any atom is -0.383 e. The van der Waals surface area contributed by atoms with E-state index in [0.29, 0.717) is 5.92 Å². The van der Waals surface area contributed by atoms with Crippen molar-refractivity contribution in [3.8, 4) is 0 Å². The number of aromatic nitrogens is 2. The molecule has 21 heavy (non-hydrogen) atoms. The predicted octanol–water partition coefficient (Wildman–Crippen LogP) is 2.29. The molecule has 1 aliphatic heterocycles. The van der Waals surface area contributed by atoms with Crippen molar-refractivity contribution in [2.24, 2.45) is 5.92 Å². The third kappa shape index (κ3) is 4.90. The van der Waals surface area contributed by atoms with Gasteiger partial charge in [-0.15, -0.1) is 0 Å². The zero-order chi connectivity index (χ0) is 15.3. The molecule has 1 saturated heterocycles. The van der Waals surface area contributed by atoms with Crippen LogP contribution in [0.15, 0.2) is 0 Å². The third-order valence-corrected chi connectivity index (χ3v) is 4.57. The summed E-state index contributed by atoms with van der Waals surface area (Å²) in [5.41, 5.74) is 0.0334. The van der Waals surface area contributed by atoms with Gasteiger partial charge in [-0.2, -0.15) is 4.37 Å². The molecule has 2 rings (SSSR count). The van der Waals surface area contributed by atoms with Crippen molar-refractivity contribution < 1.29 is 4.74 Å². The summed E-state index contributed by atoms with van der Waals surface area (Å²) in [6.07, 6.45) is 2.53. The van der Waals surface area contributed by atoms with E-state index in [1.54, 1.807) is 18.6 Å². The summed E-state index contributed by atoms with van der Waals surface area (Å²) in [5.74, 6) is 1.65. The number of hydrogen-bond donors (Lipinski definition) is 1. The molecular weight excluding hydrogens is 284 g/mol. The molecule has 1 atom stereocenters. The summed E-state index contributed by atoms with van der Waals surface area (Å²) in [6.45, 7) is 11.4. The third-order valence-electron chi connectivity index (χ3n) is 3.79. The summed E-state index contributed by atoms with van der Waals surface area (Å²) in [7, 11) is 1.74. The van der Waals surface area contributed by atoms with E-state index in [1.807, 2.05) is 0 Å². The molecule has 5 nitrogen and oxygen atoms in total. The van der Waals surface area contributed by atoms with Crippen LogP contribution in [-0.2, 0) is 10.2 Å². The molecule has 6 heteroatoms. The van der Waals surface area contributed by atoms with Crippen LogP contribution in [0.5, 0.6) is 0 Å². The van der Waals surface area contributed by atoms with Gasteiger partial charge in [-0.1, -0.05) is 20.8 Å². The van der Waals surface area contributed by atoms with E-state index in [1.165, 1.54) is 12.8 Å². The predicted molar refractivity (Wildman–Crippen MR) is 88.3 cm³/mol. The summed E-state index contributed by atoms with van der Waals surface area (Å²) in [4.78, 5) is 7.14. The fourth-order valence-corrected chi connectivity index (χ4v) is 3.43. The highest BCUT2D eigenvalue weighted by Crippen LogP contribution is 2.28. The van der Waals surface area contributed by atoms with Crippen LogP contribution in [0.3, 0.4) is 0 Å². The van der Waals surface area contributed by atoms with Crippen molar-refractivity contribution >= 4 is 16.7 Å². The van der Waals surface area contributed by atoms with Crippen LogP contribution in [0.2, 0.25) is 0 Å². The van der Waals surface area contributed by atoms with Crippen molar-refractivity contribution in [1.29, 1.82) is 0 Å². The Bertz CT molecular complexity index is 430. The normalized spacial score (nSPS) is 20.0. The first kappa shape index (κ1) is 16.6. The van der Waals surface area contributed by atoms with Crippen LogP contribution in [0.1, 0.15) is 39.4 Å². The monoisotopic (exact) mass is 312 g/mol. The number of piperidine rings is 1. The molecule has 1 aromatic heterocycles. The van der Waals surface area contributed by atoms with Gasteiger partial charge in [0.25, 0.3) is 0 Å². The smallest absolute Gasteiger partial charge is 0.205 e. The van der Waals surface area contributed by atoms with Crippen LogP contribution in [-0.4, -0.2) is 49.3 Å². The second kappa shape index (κ2) is 7.51. The SMILES string of the molecule is COCCNCC1CCCN(c2nc(C(C)(C)C)ns2)C1. The first-order chi connectivity index (χ1) is 10.0. The summed E-state index contributed by atoms with van der Waals surface area (Å²) < 4.78 is 9.60. The minimum absolute atomic E-state index is 0.0334. The Morgan fingerprint density at radius 2 is 2.24 bits per heavy atom. The highest BCUT2D eigenvalue weighted by Gasteiger charge is 2.25. The van der Waals surface area contributed by atoms with Gasteiger partial charge in [0.1, 0.15) is 5.82 Å². The average Bonchev–Trinajstić information content (AvgIpc) is 2.94. The van der Waals surface area contributed by atoms with E-state index >= 15 is 0 Å². The Morgan fingerprint density at radius 3 is 2.90 bits per heavy atom. The first-order valence-corrected chi connectivity index (χ1v) is 8.57. The number of anilines is 1. The zero-order valence-electron chi connectivity index (χ0n) is 13.7. The van der Waals surface area contributed by atoms with Gasteiger partial charge in [0, 0.05) is 43.7 Å². The van der Waals surface area contributed by atoms with Crippen molar-refractivity contribution in [2.45, 2.75) is 39.0 Å². The Morgan fingerprint density at radius 1 is 1.43 bits per heavy atom. The standard InChI is InChI=1S/C15H28N4OS/c1-15(2,3)13-17-14(21-18-13)19-8-5-6-12(11-19)10-16-7-9-20-4/h12,16H,5-11H2,1-4H3. The van der Waals surface area contributed by atoms with Gasteiger partial charge in [0.05, 0.1) is 6.61 Å². The molecule has 1 aromatic rings. The van der Waals surface area contributed by atoms with Crippen molar-refractivity contribution in [2.75, 3.05) is 44.8 Å². The number of nitrogens with one attached hydrogen (secondary N) is 1. The molecule has 0 amide bonds. The Kier molecular flexibility index (Phi) is 5.96. The minimum atomic E-state index is 0.0334. The molecule has 0 aliphatic carbocycles. The molecule has 2 heterocycles. The van der Waals surface area contributed by atoms with Crippen LogP contribution in [0, 0.1) is 5.92 Å². The van der Waals surface area contributed by atoms with Crippen LogP contribution in [0.4, 0.5) is 5.13 Å². The Hall–Kier alpha value is -0.720. The van der Waals surface area contributed by atoms with Crippen LogP contribution < -0.4 is 10.2 Å². The van der Waals surface area contributed by atoms with E-state index in [4.69, 9.17) is 9.72 Å². The summed E-state index contributed by atoms with van der Waals surface area (Å²) in [6, 6.07) is 0. The first-order valence-electron chi connectivity index (χ1n) is 7.79. The van der Waals surface area contributed by atoms with Gasteiger partial charge >= 0.3 is 0 Å². The molecule has 1 unspecified atom stereocenters. The Labute approximate surface area is 132 Å². The largest absolute Gasteiger partial charge is 0.383 e. The molecule has 0 bridgehead atoms. The molecule has 0 saturated carbocycles. The van der Waals surface area contributed by atoms with Gasteiger partial charge in [0.15, 0.2) is 0 Å². The number of rotatable bonds is 6. The number of nitrogens with zero attached hydrogens (tertiary/aromatic N) is 3. The van der Waals surface area contributed by atoms with Crippen molar-refractivity contribution in [1.82, 2.24) is 14.7 Å². The maximum atomic E-state index is 5.07. The molecule has 1 N–H and O–H groups in total. The average molecular weight is 312 g/mol. The summed E-state index contributed by atoms with van der Waals surface area (Å²) in [5, 5.41) is 4.56. The number of hydrogen-bond acceptors (Lipinski definition) is 6. The van der Waals surface area contributed by atoms with Gasteiger partial charge < -0.3 is 15.0 Å². The highest BCUT2D eigenvalue weighted by atomic mass is 32.1. The summed E-state index contributed by atoms with van der Waals surface area (Å²) >= 11 is 1.54. The molecular formula is C15H28N4OS. The van der Waals surface area contributed by atoms with E-state index < -0.39 is 0 Å². The van der Waals surface area contributed by atoms with Gasteiger partial charge in [-0.05, 0) is 25.3 Å². The fourth-order valence-electron chi connectivity index (χ4n) is 2.53. The van der Waals surface area contributed by atoms with Crippen LogP contribution >= 0.6 is 11.5 Å². The highest BCUT2D eigenvalue weighted by molar-refractivity contribution is 7.09. The Balaban J connectivity index is 1.87. The second-order valence-corrected chi connectivity index (χ2v) is 7.53.